The molecular weight excluding hydrogens is 158 g/mol. The second-order valence-electron chi connectivity index (χ2n) is 3.93. The van der Waals surface area contributed by atoms with Crippen LogP contribution in [0.5, 0.6) is 0 Å². The van der Waals surface area contributed by atoms with E-state index in [0.29, 0.717) is 0 Å². The summed E-state index contributed by atoms with van der Waals surface area (Å²) in [6, 6.07) is 4.51. The van der Waals surface area contributed by atoms with E-state index in [1.165, 1.54) is 29.5 Å². The molecule has 1 aromatic rings. The molecule has 1 aliphatic heterocycles. The van der Waals surface area contributed by atoms with Gasteiger partial charge in [-0.1, -0.05) is 12.1 Å². The summed E-state index contributed by atoms with van der Waals surface area (Å²) < 4.78 is 0. The van der Waals surface area contributed by atoms with Gasteiger partial charge in [0.2, 0.25) is 0 Å². The summed E-state index contributed by atoms with van der Waals surface area (Å²) >= 11 is 0. The summed E-state index contributed by atoms with van der Waals surface area (Å²) in [7, 11) is 0. The molecule has 0 radical (unpaired) electrons. The number of aryl methyl sites for hydroxylation is 1. The van der Waals surface area contributed by atoms with Crippen LogP contribution in [0.3, 0.4) is 0 Å². The number of hydrogen-bond donors (Lipinski definition) is 1. The maximum Gasteiger partial charge on any atom is 0.0208 e. The highest BCUT2D eigenvalue weighted by molar-refractivity contribution is 5.40. The topological polar surface area (TPSA) is 12.0 Å². The lowest BCUT2D eigenvalue weighted by Crippen LogP contribution is -2.11. The molecule has 1 heterocycles. The minimum absolute atomic E-state index is 1.05. The number of benzene rings is 1. The van der Waals surface area contributed by atoms with Gasteiger partial charge in [0, 0.05) is 6.54 Å². The zero-order valence-electron chi connectivity index (χ0n) is 8.48. The largest absolute Gasteiger partial charge is 0.313 e. The highest BCUT2D eigenvalue weighted by atomic mass is 14.8. The van der Waals surface area contributed by atoms with Crippen molar-refractivity contribution in [2.24, 2.45) is 0 Å². The van der Waals surface area contributed by atoms with Gasteiger partial charge in [-0.2, -0.15) is 0 Å². The van der Waals surface area contributed by atoms with Crippen molar-refractivity contribution >= 4 is 0 Å². The first-order chi connectivity index (χ1) is 6.29. The SMILES string of the molecule is Cc1ccc2c(c1C)CCCNC2. The molecule has 0 spiro atoms. The molecule has 0 amide bonds. The molecule has 0 atom stereocenters. The maximum absolute atomic E-state index is 3.45. The van der Waals surface area contributed by atoms with E-state index in [9.17, 15) is 0 Å². The third-order valence-electron chi connectivity index (χ3n) is 3.06. The van der Waals surface area contributed by atoms with Crippen molar-refractivity contribution in [1.29, 1.82) is 0 Å². The summed E-state index contributed by atoms with van der Waals surface area (Å²) in [5.41, 5.74) is 6.02. The Morgan fingerprint density at radius 3 is 2.92 bits per heavy atom. The summed E-state index contributed by atoms with van der Waals surface area (Å²) in [5.74, 6) is 0. The summed E-state index contributed by atoms with van der Waals surface area (Å²) in [4.78, 5) is 0. The van der Waals surface area contributed by atoms with Gasteiger partial charge in [0.25, 0.3) is 0 Å². The first kappa shape index (κ1) is 8.76. The van der Waals surface area contributed by atoms with E-state index in [2.05, 4.69) is 31.3 Å². The molecule has 1 aromatic carbocycles. The van der Waals surface area contributed by atoms with Crippen molar-refractivity contribution in [3.63, 3.8) is 0 Å². The first-order valence-corrected chi connectivity index (χ1v) is 5.07. The lowest BCUT2D eigenvalue weighted by molar-refractivity contribution is 0.680. The predicted octanol–water partition coefficient (Wildman–Crippen LogP) is 2.34. The average molecular weight is 175 g/mol. The Balaban J connectivity index is 2.48. The summed E-state index contributed by atoms with van der Waals surface area (Å²) in [6.45, 7) is 6.66. The molecule has 70 valence electrons. The average Bonchev–Trinajstić information content (AvgIpc) is 2.36. The van der Waals surface area contributed by atoms with Gasteiger partial charge < -0.3 is 5.32 Å². The van der Waals surface area contributed by atoms with Crippen molar-refractivity contribution in [2.75, 3.05) is 6.54 Å². The molecule has 1 heteroatoms. The smallest absolute Gasteiger partial charge is 0.0208 e. The van der Waals surface area contributed by atoms with Crippen LogP contribution >= 0.6 is 0 Å². The molecule has 0 bridgehead atoms. The molecule has 2 rings (SSSR count). The molecule has 0 saturated carbocycles. The van der Waals surface area contributed by atoms with E-state index < -0.39 is 0 Å². The third-order valence-corrected chi connectivity index (χ3v) is 3.06. The standard InChI is InChI=1S/C12H17N/c1-9-5-6-11-8-13-7-3-4-12(11)10(9)2/h5-6,13H,3-4,7-8H2,1-2H3. The second kappa shape index (κ2) is 3.51. The van der Waals surface area contributed by atoms with Crippen LogP contribution in [0.4, 0.5) is 0 Å². The molecule has 0 aromatic heterocycles. The van der Waals surface area contributed by atoms with E-state index in [1.54, 1.807) is 5.56 Å². The molecular formula is C12H17N. The van der Waals surface area contributed by atoms with Crippen molar-refractivity contribution in [1.82, 2.24) is 5.32 Å². The lowest BCUT2D eigenvalue weighted by Gasteiger charge is -2.11. The third kappa shape index (κ3) is 1.61. The Morgan fingerprint density at radius 2 is 2.08 bits per heavy atom. The van der Waals surface area contributed by atoms with Crippen LogP contribution < -0.4 is 5.32 Å². The van der Waals surface area contributed by atoms with Gasteiger partial charge in [-0.15, -0.1) is 0 Å². The van der Waals surface area contributed by atoms with E-state index in [4.69, 9.17) is 0 Å². The van der Waals surface area contributed by atoms with Gasteiger partial charge in [0.1, 0.15) is 0 Å². The number of nitrogens with one attached hydrogen (secondary N) is 1. The minimum atomic E-state index is 1.05. The van der Waals surface area contributed by atoms with E-state index in [-0.39, 0.29) is 0 Å². The number of hydrogen-bond acceptors (Lipinski definition) is 1. The van der Waals surface area contributed by atoms with Crippen LogP contribution in [0.1, 0.15) is 28.7 Å². The lowest BCUT2D eigenvalue weighted by atomic mass is 9.95. The quantitative estimate of drug-likeness (QED) is 0.638. The highest BCUT2D eigenvalue weighted by Gasteiger charge is 2.10. The predicted molar refractivity (Wildman–Crippen MR) is 55.9 cm³/mol. The van der Waals surface area contributed by atoms with Gasteiger partial charge in [-0.25, -0.2) is 0 Å². The summed E-state index contributed by atoms with van der Waals surface area (Å²) in [5, 5.41) is 3.45. The van der Waals surface area contributed by atoms with Crippen LogP contribution in [0.15, 0.2) is 12.1 Å². The van der Waals surface area contributed by atoms with Crippen molar-refractivity contribution in [3.05, 3.63) is 34.4 Å². The highest BCUT2D eigenvalue weighted by Crippen LogP contribution is 2.21. The Labute approximate surface area is 80.2 Å². The van der Waals surface area contributed by atoms with Crippen LogP contribution in [-0.4, -0.2) is 6.54 Å². The van der Waals surface area contributed by atoms with Crippen LogP contribution in [-0.2, 0) is 13.0 Å². The normalized spacial score (nSPS) is 16.5. The monoisotopic (exact) mass is 175 g/mol. The molecule has 13 heavy (non-hydrogen) atoms. The molecule has 1 aliphatic rings. The van der Waals surface area contributed by atoms with Gasteiger partial charge in [0.05, 0.1) is 0 Å². The molecule has 0 saturated heterocycles. The van der Waals surface area contributed by atoms with Gasteiger partial charge in [-0.05, 0) is 55.5 Å². The molecule has 0 aliphatic carbocycles. The molecule has 0 fully saturated rings. The fourth-order valence-electron chi connectivity index (χ4n) is 2.06. The Hall–Kier alpha value is -0.820. The summed E-state index contributed by atoms with van der Waals surface area (Å²) in [6.07, 6.45) is 2.52. The van der Waals surface area contributed by atoms with Crippen molar-refractivity contribution < 1.29 is 0 Å². The number of rotatable bonds is 0. The minimum Gasteiger partial charge on any atom is -0.313 e. The number of fused-ring (bicyclic) bond motifs is 1. The Kier molecular flexibility index (Phi) is 2.36. The Bertz CT molecular complexity index is 315. The van der Waals surface area contributed by atoms with Gasteiger partial charge >= 0.3 is 0 Å². The maximum atomic E-state index is 3.45. The van der Waals surface area contributed by atoms with Crippen molar-refractivity contribution in [2.45, 2.75) is 33.2 Å². The zero-order valence-corrected chi connectivity index (χ0v) is 8.48. The van der Waals surface area contributed by atoms with Crippen LogP contribution in [0.25, 0.3) is 0 Å². The Morgan fingerprint density at radius 1 is 1.23 bits per heavy atom. The first-order valence-electron chi connectivity index (χ1n) is 5.07. The van der Waals surface area contributed by atoms with Gasteiger partial charge in [0.15, 0.2) is 0 Å². The van der Waals surface area contributed by atoms with E-state index >= 15 is 0 Å². The van der Waals surface area contributed by atoms with E-state index in [1.807, 2.05) is 0 Å². The molecule has 1 N–H and O–H groups in total. The van der Waals surface area contributed by atoms with Gasteiger partial charge in [-0.3, -0.25) is 0 Å². The van der Waals surface area contributed by atoms with Crippen LogP contribution in [0, 0.1) is 13.8 Å². The van der Waals surface area contributed by atoms with E-state index in [0.717, 1.165) is 13.1 Å². The zero-order chi connectivity index (χ0) is 9.26. The second-order valence-corrected chi connectivity index (χ2v) is 3.93. The van der Waals surface area contributed by atoms with Crippen molar-refractivity contribution in [3.8, 4) is 0 Å². The fourth-order valence-corrected chi connectivity index (χ4v) is 2.06. The fraction of sp³-hybridized carbons (Fsp3) is 0.500. The van der Waals surface area contributed by atoms with Crippen LogP contribution in [0.2, 0.25) is 0 Å². The molecule has 0 unspecified atom stereocenters. The molecule has 1 nitrogen and oxygen atoms in total.